The maximum Gasteiger partial charge on any atom is 0.193 e. The van der Waals surface area contributed by atoms with Gasteiger partial charge < -0.3 is 10.2 Å². The number of hydrogen-bond donors (Lipinski definition) is 1. The molecule has 0 atom stereocenters. The Morgan fingerprint density at radius 3 is 2.74 bits per heavy atom. The molecule has 0 fully saturated rings. The molecule has 3 aromatic rings. The summed E-state index contributed by atoms with van der Waals surface area (Å²) in [6, 6.07) is 14.2. The van der Waals surface area contributed by atoms with Crippen molar-refractivity contribution in [3.05, 3.63) is 64.5 Å². The van der Waals surface area contributed by atoms with Gasteiger partial charge in [-0.3, -0.25) is 9.39 Å². The quantitative estimate of drug-likeness (QED) is 0.293. The second-order valence-corrected chi connectivity index (χ2v) is 6.83. The Kier molecular flexibility index (Phi) is 8.49. The molecule has 0 spiro atoms. The molecule has 0 saturated carbocycles. The first-order valence-corrected chi connectivity index (χ1v) is 9.50. The average Bonchev–Trinajstić information content (AvgIpc) is 3.06. The number of aromatic nitrogens is 3. The Morgan fingerprint density at radius 2 is 1.96 bits per heavy atom. The lowest BCUT2D eigenvalue weighted by Gasteiger charge is -2.22. The van der Waals surface area contributed by atoms with Crippen molar-refractivity contribution in [3.63, 3.8) is 0 Å². The van der Waals surface area contributed by atoms with Gasteiger partial charge in [0.25, 0.3) is 0 Å². The summed E-state index contributed by atoms with van der Waals surface area (Å²) in [7, 11) is 2.05. The Morgan fingerprint density at radius 1 is 1.19 bits per heavy atom. The summed E-state index contributed by atoms with van der Waals surface area (Å²) in [5.74, 6) is 1.81. The zero-order valence-corrected chi connectivity index (χ0v) is 19.4. The largest absolute Gasteiger partial charge is 0.357 e. The highest BCUT2D eigenvalue weighted by molar-refractivity contribution is 14.0. The summed E-state index contributed by atoms with van der Waals surface area (Å²) in [6.45, 7) is 4.33. The first-order chi connectivity index (χ1) is 12.7. The summed E-state index contributed by atoms with van der Waals surface area (Å²) in [6.07, 6.45) is 2.72. The molecular formula is C19H24BrIN6. The Bertz CT molecular complexity index is 895. The van der Waals surface area contributed by atoms with E-state index in [4.69, 9.17) is 4.99 Å². The smallest absolute Gasteiger partial charge is 0.193 e. The first kappa shape index (κ1) is 21.6. The van der Waals surface area contributed by atoms with E-state index in [2.05, 4.69) is 61.5 Å². The van der Waals surface area contributed by atoms with Crippen LogP contribution in [0.1, 0.15) is 18.3 Å². The molecule has 2 heterocycles. The molecule has 144 valence electrons. The lowest BCUT2D eigenvalue weighted by Crippen LogP contribution is -2.38. The van der Waals surface area contributed by atoms with Gasteiger partial charge in [-0.15, -0.1) is 34.2 Å². The van der Waals surface area contributed by atoms with Gasteiger partial charge in [-0.1, -0.05) is 40.2 Å². The Labute approximate surface area is 185 Å². The molecule has 0 saturated heterocycles. The molecule has 6 nitrogen and oxygen atoms in total. The van der Waals surface area contributed by atoms with Gasteiger partial charge in [0.15, 0.2) is 11.6 Å². The molecule has 1 aromatic carbocycles. The van der Waals surface area contributed by atoms with Crippen LogP contribution in [0.3, 0.4) is 0 Å². The van der Waals surface area contributed by atoms with Crippen LogP contribution >= 0.6 is 39.9 Å². The lowest BCUT2D eigenvalue weighted by molar-refractivity contribution is 0.476. The summed E-state index contributed by atoms with van der Waals surface area (Å²) in [5, 5.41) is 11.8. The summed E-state index contributed by atoms with van der Waals surface area (Å²) >= 11 is 3.61. The number of halogens is 2. The lowest BCUT2D eigenvalue weighted by atomic mass is 10.2. The molecule has 3 rings (SSSR count). The molecule has 2 aromatic heterocycles. The number of nitrogens with zero attached hydrogens (tertiary/aromatic N) is 5. The number of fused-ring (bicyclic) bond motifs is 1. The zero-order chi connectivity index (χ0) is 18.4. The highest BCUT2D eigenvalue weighted by Crippen LogP contribution is 2.17. The van der Waals surface area contributed by atoms with E-state index in [1.165, 1.54) is 5.56 Å². The van der Waals surface area contributed by atoms with Gasteiger partial charge in [-0.25, -0.2) is 0 Å². The van der Waals surface area contributed by atoms with Crippen molar-refractivity contribution in [1.82, 2.24) is 24.8 Å². The Hall–Kier alpha value is -1.68. The van der Waals surface area contributed by atoms with Crippen LogP contribution in [-0.4, -0.2) is 45.6 Å². The van der Waals surface area contributed by atoms with Crippen LogP contribution in [0.2, 0.25) is 0 Å². The second-order valence-electron chi connectivity index (χ2n) is 5.98. The number of hydrogen-bond acceptors (Lipinski definition) is 3. The van der Waals surface area contributed by atoms with Crippen molar-refractivity contribution in [2.24, 2.45) is 4.99 Å². The van der Waals surface area contributed by atoms with E-state index in [0.29, 0.717) is 6.54 Å². The van der Waals surface area contributed by atoms with E-state index in [0.717, 1.165) is 41.4 Å². The molecule has 0 radical (unpaired) electrons. The molecule has 0 aliphatic heterocycles. The molecule has 0 amide bonds. The number of rotatable bonds is 6. The summed E-state index contributed by atoms with van der Waals surface area (Å²) in [5.41, 5.74) is 2.09. The van der Waals surface area contributed by atoms with Gasteiger partial charge in [0, 0.05) is 43.8 Å². The maximum absolute atomic E-state index is 4.76. The second kappa shape index (κ2) is 10.6. The van der Waals surface area contributed by atoms with Crippen LogP contribution in [0.5, 0.6) is 0 Å². The topological polar surface area (TPSA) is 57.8 Å². The maximum atomic E-state index is 4.76. The van der Waals surface area contributed by atoms with Crippen LogP contribution in [0.15, 0.2) is 58.1 Å². The summed E-state index contributed by atoms with van der Waals surface area (Å²) in [4.78, 5) is 6.89. The van der Waals surface area contributed by atoms with Gasteiger partial charge in [0.2, 0.25) is 0 Å². The fourth-order valence-corrected chi connectivity index (χ4v) is 3.16. The van der Waals surface area contributed by atoms with Crippen molar-refractivity contribution in [2.45, 2.75) is 19.9 Å². The van der Waals surface area contributed by atoms with Crippen molar-refractivity contribution in [3.8, 4) is 0 Å². The van der Waals surface area contributed by atoms with Crippen molar-refractivity contribution < 1.29 is 0 Å². The summed E-state index contributed by atoms with van der Waals surface area (Å²) < 4.78 is 3.12. The van der Waals surface area contributed by atoms with Crippen LogP contribution < -0.4 is 5.32 Å². The average molecular weight is 543 g/mol. The normalized spacial score (nSPS) is 11.3. The van der Waals surface area contributed by atoms with Crippen LogP contribution in [0.25, 0.3) is 5.65 Å². The monoisotopic (exact) mass is 542 g/mol. The predicted molar refractivity (Wildman–Crippen MR) is 124 cm³/mol. The van der Waals surface area contributed by atoms with E-state index in [1.807, 2.05) is 41.9 Å². The predicted octanol–water partition coefficient (Wildman–Crippen LogP) is 3.75. The molecule has 0 unspecified atom stereocenters. The van der Waals surface area contributed by atoms with Gasteiger partial charge in [-0.2, -0.15) is 0 Å². The Balaban J connectivity index is 0.00000261. The number of aliphatic imine (C=N–C) groups is 1. The highest BCUT2D eigenvalue weighted by Gasteiger charge is 2.09. The standard InChI is InChI=1S/C19H23BrN6.HI/c1-3-21-19(25(2)14-15-8-4-5-9-16(15)20)22-12-11-18-24-23-17-10-6-7-13-26(17)18;/h4-10,13H,3,11-12,14H2,1-2H3,(H,21,22);1H. The minimum absolute atomic E-state index is 0. The highest BCUT2D eigenvalue weighted by atomic mass is 127. The third-order valence-corrected chi connectivity index (χ3v) is 4.82. The number of pyridine rings is 1. The minimum Gasteiger partial charge on any atom is -0.357 e. The number of benzene rings is 1. The minimum atomic E-state index is 0. The third-order valence-electron chi connectivity index (χ3n) is 4.04. The molecule has 8 heteroatoms. The van der Waals surface area contributed by atoms with Gasteiger partial charge in [0.1, 0.15) is 5.82 Å². The zero-order valence-electron chi connectivity index (χ0n) is 15.5. The molecule has 0 aliphatic rings. The van der Waals surface area contributed by atoms with Crippen molar-refractivity contribution in [2.75, 3.05) is 20.1 Å². The fourth-order valence-electron chi connectivity index (χ4n) is 2.75. The molecule has 0 bridgehead atoms. The van der Waals surface area contributed by atoms with E-state index < -0.39 is 0 Å². The van der Waals surface area contributed by atoms with Crippen molar-refractivity contribution >= 4 is 51.5 Å². The molecular weight excluding hydrogens is 519 g/mol. The van der Waals surface area contributed by atoms with Crippen LogP contribution in [0.4, 0.5) is 0 Å². The molecule has 1 N–H and O–H groups in total. The van der Waals surface area contributed by atoms with Crippen LogP contribution in [0, 0.1) is 0 Å². The van der Waals surface area contributed by atoms with Gasteiger partial charge in [0.05, 0.1) is 0 Å². The van der Waals surface area contributed by atoms with Crippen molar-refractivity contribution in [1.29, 1.82) is 0 Å². The third kappa shape index (κ3) is 5.65. The first-order valence-electron chi connectivity index (χ1n) is 8.70. The fraction of sp³-hybridized carbons (Fsp3) is 0.316. The van der Waals surface area contributed by atoms with E-state index in [-0.39, 0.29) is 24.0 Å². The SMILES string of the molecule is CCNC(=NCCc1nnc2ccccn12)N(C)Cc1ccccc1Br.I. The number of guanidine groups is 1. The molecule has 27 heavy (non-hydrogen) atoms. The van der Waals surface area contributed by atoms with Crippen LogP contribution in [-0.2, 0) is 13.0 Å². The van der Waals surface area contributed by atoms with Gasteiger partial charge >= 0.3 is 0 Å². The van der Waals surface area contributed by atoms with E-state index in [9.17, 15) is 0 Å². The van der Waals surface area contributed by atoms with E-state index >= 15 is 0 Å². The van der Waals surface area contributed by atoms with E-state index in [1.54, 1.807) is 0 Å². The molecule has 0 aliphatic carbocycles. The number of nitrogens with one attached hydrogen (secondary N) is 1. The van der Waals surface area contributed by atoms with Gasteiger partial charge in [-0.05, 0) is 30.7 Å².